The van der Waals surface area contributed by atoms with Gasteiger partial charge >= 0.3 is 0 Å². The Balaban J connectivity index is 0.000000422. The van der Waals surface area contributed by atoms with E-state index in [2.05, 4.69) is 36.2 Å². The Morgan fingerprint density at radius 1 is 1.18 bits per heavy atom. The second-order valence-corrected chi connectivity index (χ2v) is 5.25. The van der Waals surface area contributed by atoms with Crippen LogP contribution in [0.3, 0.4) is 0 Å². The first-order valence-corrected chi connectivity index (χ1v) is 7.52. The Hall–Kier alpha value is -1.96. The monoisotopic (exact) mass is 326 g/mol. The summed E-state index contributed by atoms with van der Waals surface area (Å²) in [5.41, 5.74) is 3.46. The van der Waals surface area contributed by atoms with E-state index in [1.807, 2.05) is 31.3 Å². The van der Waals surface area contributed by atoms with Crippen LogP contribution in [0.25, 0.3) is 6.08 Å². The van der Waals surface area contributed by atoms with Crippen molar-refractivity contribution in [3.05, 3.63) is 59.6 Å². The van der Waals surface area contributed by atoms with Crippen LogP contribution in [0.4, 0.5) is 5.69 Å². The second-order valence-electron chi connectivity index (χ2n) is 4.45. The molecule has 0 radical (unpaired) electrons. The lowest BCUT2D eigenvalue weighted by molar-refractivity contribution is -1.92. The molecule has 0 fully saturated rings. The largest absolute Gasteiger partial charge is 0.465 e. The van der Waals surface area contributed by atoms with Gasteiger partial charge in [0.2, 0.25) is 5.69 Å². The van der Waals surface area contributed by atoms with Gasteiger partial charge in [-0.15, -0.1) is 0 Å². The SMILES string of the molecule is C/C(C=[NH+]c1ccc(C)cc1)=C\c1ccco1.[O-][Cl+3]([O-])([O-])O. The van der Waals surface area contributed by atoms with Crippen LogP contribution in [0.1, 0.15) is 18.2 Å². The molecule has 0 amide bonds. The molecule has 2 aromatic rings. The molecule has 0 unspecified atom stereocenters. The van der Waals surface area contributed by atoms with Crippen molar-refractivity contribution in [1.29, 1.82) is 0 Å². The van der Waals surface area contributed by atoms with Crippen molar-refractivity contribution < 1.29 is 38.3 Å². The second kappa shape index (κ2) is 8.47. The normalized spacial score (nSPS) is 12.2. The third kappa shape index (κ3) is 9.06. The lowest BCUT2D eigenvalue weighted by Crippen LogP contribution is -2.61. The third-order valence-corrected chi connectivity index (χ3v) is 2.43. The lowest BCUT2D eigenvalue weighted by Gasteiger charge is -2.03. The van der Waals surface area contributed by atoms with Crippen molar-refractivity contribution in [3.8, 4) is 0 Å². The van der Waals surface area contributed by atoms with Crippen LogP contribution in [0.5, 0.6) is 0 Å². The lowest BCUT2D eigenvalue weighted by atomic mass is 10.2. The van der Waals surface area contributed by atoms with Crippen molar-refractivity contribution in [1.82, 2.24) is 0 Å². The molecule has 0 saturated carbocycles. The summed E-state index contributed by atoms with van der Waals surface area (Å²) >= 11 is 0. The van der Waals surface area contributed by atoms with E-state index in [0.29, 0.717) is 0 Å². The number of nitrogens with one attached hydrogen (secondary N) is 1. The Labute approximate surface area is 130 Å². The highest BCUT2D eigenvalue weighted by atomic mass is 35.7. The standard InChI is InChI=1S/C15H15NO.ClHO4/c1-12-5-7-14(8-6-12)16-11-13(2)10-15-4-3-9-17-15;2-1(3,4)5/h3-11H,1-2H3;(H,2,3,4,5)/p+1/b13-10+,16-11?;. The Kier molecular flexibility index (Phi) is 6.97. The average molecular weight is 327 g/mol. The van der Waals surface area contributed by atoms with Gasteiger partial charge in [-0.2, -0.15) is 14.0 Å². The maximum atomic E-state index is 8.60. The first-order chi connectivity index (χ1) is 10.2. The fraction of sp³-hybridized carbons (Fsp3) is 0.133. The van der Waals surface area contributed by atoms with Crippen LogP contribution in [-0.4, -0.2) is 10.9 Å². The number of benzene rings is 1. The molecular formula is C15H17ClNO5+. The number of hydrogen-bond donors (Lipinski definition) is 2. The summed E-state index contributed by atoms with van der Waals surface area (Å²) in [6.07, 6.45) is 5.63. The van der Waals surface area contributed by atoms with Gasteiger partial charge in [0.25, 0.3) is 0 Å². The highest BCUT2D eigenvalue weighted by Gasteiger charge is 1.99. The summed E-state index contributed by atoms with van der Waals surface area (Å²) in [6, 6.07) is 12.1. The van der Waals surface area contributed by atoms with Crippen LogP contribution in [0, 0.1) is 17.2 Å². The van der Waals surface area contributed by atoms with E-state index in [1.165, 1.54) is 5.56 Å². The van der Waals surface area contributed by atoms with Crippen molar-refractivity contribution in [2.45, 2.75) is 13.8 Å². The molecule has 0 aliphatic carbocycles. The average Bonchev–Trinajstić information content (AvgIpc) is 2.89. The Bertz CT molecular complexity index is 606. The van der Waals surface area contributed by atoms with Crippen LogP contribution < -0.4 is 19.0 Å². The minimum atomic E-state index is -4.69. The molecule has 0 aliphatic rings. The van der Waals surface area contributed by atoms with Crippen molar-refractivity contribution in [3.63, 3.8) is 0 Å². The van der Waals surface area contributed by atoms with E-state index < -0.39 is 10.2 Å². The minimum Gasteiger partial charge on any atom is -0.465 e. The summed E-state index contributed by atoms with van der Waals surface area (Å²) in [6.45, 7) is 4.11. The number of furan rings is 1. The summed E-state index contributed by atoms with van der Waals surface area (Å²) in [7, 11) is -4.69. The molecule has 7 heteroatoms. The molecule has 1 heterocycles. The molecule has 22 heavy (non-hydrogen) atoms. The number of allylic oxidation sites excluding steroid dienone is 1. The van der Waals surface area contributed by atoms with E-state index in [0.717, 1.165) is 17.0 Å². The van der Waals surface area contributed by atoms with Crippen molar-refractivity contribution in [2.24, 2.45) is 0 Å². The van der Waals surface area contributed by atoms with Crippen LogP contribution >= 0.6 is 0 Å². The zero-order valence-electron chi connectivity index (χ0n) is 12.2. The zero-order valence-corrected chi connectivity index (χ0v) is 12.9. The molecule has 1 aromatic heterocycles. The van der Waals surface area contributed by atoms with Crippen molar-refractivity contribution in [2.75, 3.05) is 0 Å². The molecule has 0 saturated heterocycles. The van der Waals surface area contributed by atoms with E-state index >= 15 is 0 Å². The molecular weight excluding hydrogens is 310 g/mol. The van der Waals surface area contributed by atoms with E-state index in [1.54, 1.807) is 6.26 Å². The van der Waals surface area contributed by atoms with Crippen molar-refractivity contribution >= 4 is 18.0 Å². The molecule has 0 aliphatic heterocycles. The molecule has 0 atom stereocenters. The molecule has 2 N–H and O–H groups in total. The highest BCUT2D eigenvalue weighted by Crippen LogP contribution is 2.05. The number of aryl methyl sites for hydroxylation is 1. The van der Waals surface area contributed by atoms with E-state index in [4.69, 9.17) is 23.1 Å². The predicted molar refractivity (Wildman–Crippen MR) is 72.4 cm³/mol. The van der Waals surface area contributed by atoms with Gasteiger partial charge in [0.1, 0.15) is 5.76 Å². The van der Waals surface area contributed by atoms with Crippen LogP contribution in [0.2, 0.25) is 0 Å². The topological polar surface area (TPSA) is 117 Å². The maximum absolute atomic E-state index is 8.60. The molecule has 0 spiro atoms. The van der Waals surface area contributed by atoms with Gasteiger partial charge in [0.05, 0.1) is 21.2 Å². The Morgan fingerprint density at radius 3 is 2.27 bits per heavy atom. The zero-order chi connectivity index (χ0) is 16.6. The van der Waals surface area contributed by atoms with Gasteiger partial charge in [-0.05, 0) is 32.1 Å². The smallest absolute Gasteiger partial charge is 0.203 e. The summed E-state index contributed by atoms with van der Waals surface area (Å²) < 4.78 is 38.0. The van der Waals surface area contributed by atoms with Gasteiger partial charge < -0.3 is 4.42 Å². The van der Waals surface area contributed by atoms with Gasteiger partial charge in [-0.3, -0.25) is 0 Å². The maximum Gasteiger partial charge on any atom is 0.203 e. The third-order valence-electron chi connectivity index (χ3n) is 2.43. The number of hydrogen-bond acceptors (Lipinski definition) is 5. The van der Waals surface area contributed by atoms with Crippen LogP contribution in [0.15, 0.2) is 52.7 Å². The Morgan fingerprint density at radius 2 is 1.77 bits per heavy atom. The molecule has 6 nitrogen and oxygen atoms in total. The predicted octanol–water partition coefficient (Wildman–Crippen LogP) is -1.65. The van der Waals surface area contributed by atoms with E-state index in [-0.39, 0.29) is 0 Å². The summed E-state index contributed by atoms with van der Waals surface area (Å²) in [4.78, 5) is 3.25. The highest BCUT2D eigenvalue weighted by molar-refractivity contribution is 5.80. The van der Waals surface area contributed by atoms with Gasteiger partial charge in [-0.1, -0.05) is 17.7 Å². The van der Waals surface area contributed by atoms with Gasteiger partial charge in [-0.25, -0.2) is 4.99 Å². The fourth-order valence-corrected chi connectivity index (χ4v) is 1.49. The van der Waals surface area contributed by atoms with Gasteiger partial charge in [0.15, 0.2) is 6.21 Å². The molecule has 0 bridgehead atoms. The first-order valence-electron chi connectivity index (χ1n) is 6.25. The molecule has 2 rings (SSSR count). The quantitative estimate of drug-likeness (QED) is 0.655. The first kappa shape index (κ1) is 18.1. The number of halogens is 1. The summed E-state index contributed by atoms with van der Waals surface area (Å²) in [5, 5.41) is 0. The summed E-state index contributed by atoms with van der Waals surface area (Å²) in [5.74, 6) is 0.865. The minimum absolute atomic E-state index is 0.865. The molecule has 1 aromatic carbocycles. The van der Waals surface area contributed by atoms with Gasteiger partial charge in [0, 0.05) is 17.7 Å². The molecule has 118 valence electrons. The number of rotatable bonds is 3. The van der Waals surface area contributed by atoms with E-state index in [9.17, 15) is 0 Å². The van der Waals surface area contributed by atoms with Crippen LogP contribution in [-0.2, 0) is 0 Å². The fourth-order valence-electron chi connectivity index (χ4n) is 1.49.